The number of ether oxygens (including phenoxy) is 2. The Morgan fingerprint density at radius 1 is 1.52 bits per heavy atom. The van der Waals surface area contributed by atoms with Crippen LogP contribution in [0.4, 0.5) is 0 Å². The molecule has 8 heteroatoms. The van der Waals surface area contributed by atoms with Crippen LogP contribution in [0, 0.1) is 0 Å². The molecule has 0 bridgehead atoms. The largest absolute Gasteiger partial charge is 0.763 e. The lowest BCUT2D eigenvalue weighted by Gasteiger charge is -2.29. The summed E-state index contributed by atoms with van der Waals surface area (Å²) in [5.74, 6) is 1.20. The van der Waals surface area contributed by atoms with Crippen LogP contribution < -0.4 is 10.6 Å². The molecule has 1 aromatic heterocycles. The van der Waals surface area contributed by atoms with E-state index in [4.69, 9.17) is 21.7 Å². The van der Waals surface area contributed by atoms with Gasteiger partial charge in [0.2, 0.25) is 0 Å². The molecule has 1 saturated heterocycles. The van der Waals surface area contributed by atoms with Crippen LogP contribution in [0.15, 0.2) is 33.7 Å². The minimum atomic E-state index is -0.448. The first-order valence-corrected chi connectivity index (χ1v) is 9.24. The van der Waals surface area contributed by atoms with Crippen molar-refractivity contribution in [3.05, 3.63) is 44.6 Å². The molecular formula is C17H21N3O3S2. The van der Waals surface area contributed by atoms with Gasteiger partial charge in [0, 0.05) is 11.3 Å². The van der Waals surface area contributed by atoms with Gasteiger partial charge < -0.3 is 25.5 Å². The fourth-order valence-corrected chi connectivity index (χ4v) is 3.65. The van der Waals surface area contributed by atoms with Crippen molar-refractivity contribution < 1.29 is 19.6 Å². The molecule has 0 amide bonds. The van der Waals surface area contributed by atoms with Gasteiger partial charge in [-0.05, 0) is 29.3 Å². The number of esters is 1. The Hall–Kier alpha value is -1.83. The summed E-state index contributed by atoms with van der Waals surface area (Å²) in [7, 11) is 1.33. The third-order valence-corrected chi connectivity index (χ3v) is 4.89. The van der Waals surface area contributed by atoms with E-state index in [9.17, 15) is 10.2 Å². The second-order valence-electron chi connectivity index (χ2n) is 5.48. The highest BCUT2D eigenvalue weighted by atomic mass is 32.1. The van der Waals surface area contributed by atoms with Crippen molar-refractivity contribution in [3.63, 3.8) is 0 Å². The van der Waals surface area contributed by atoms with E-state index in [0.717, 1.165) is 31.9 Å². The fraction of sp³-hybridized carbons (Fsp3) is 0.412. The summed E-state index contributed by atoms with van der Waals surface area (Å²) in [6.45, 7) is 5.95. The number of allylic oxidation sites excluding steroid dienone is 1. The first-order valence-electron chi connectivity index (χ1n) is 7.89. The molecule has 6 nitrogen and oxygen atoms in total. The molecule has 25 heavy (non-hydrogen) atoms. The zero-order valence-electron chi connectivity index (χ0n) is 14.2. The second kappa shape index (κ2) is 9.60. The average molecular weight is 380 g/mol. The van der Waals surface area contributed by atoms with Crippen LogP contribution in [0.5, 0.6) is 0 Å². The molecule has 2 aliphatic heterocycles. The van der Waals surface area contributed by atoms with Crippen LogP contribution in [0.25, 0.3) is 5.41 Å². The van der Waals surface area contributed by atoms with Crippen molar-refractivity contribution >= 4 is 40.4 Å². The van der Waals surface area contributed by atoms with Gasteiger partial charge in [0.1, 0.15) is 4.99 Å². The lowest BCUT2D eigenvalue weighted by Crippen LogP contribution is -2.87. The van der Waals surface area contributed by atoms with Crippen molar-refractivity contribution in [3.8, 4) is 0 Å². The fourth-order valence-electron chi connectivity index (χ4n) is 2.65. The maximum atomic E-state index is 12.0. The Kier molecular flexibility index (Phi) is 7.49. The molecule has 2 aliphatic rings. The molecule has 0 spiro atoms. The van der Waals surface area contributed by atoms with E-state index in [1.54, 1.807) is 6.92 Å². The smallest absolute Gasteiger partial charge is 0.336 e. The van der Waals surface area contributed by atoms with Crippen LogP contribution >= 0.6 is 23.6 Å². The summed E-state index contributed by atoms with van der Waals surface area (Å²) in [4.78, 5) is 12.3. The highest BCUT2D eigenvalue weighted by Crippen LogP contribution is 2.37. The highest BCUT2D eigenvalue weighted by molar-refractivity contribution is 7.80. The summed E-state index contributed by atoms with van der Waals surface area (Å²) in [6.07, 6.45) is 0. The van der Waals surface area contributed by atoms with Crippen molar-refractivity contribution in [1.82, 2.24) is 5.32 Å². The summed E-state index contributed by atoms with van der Waals surface area (Å²) in [5.41, 5.74) is 2.32. The monoisotopic (exact) mass is 379 g/mol. The number of carbonyl (C=O) groups is 1. The van der Waals surface area contributed by atoms with Gasteiger partial charge in [0.15, 0.2) is 0 Å². The molecule has 3 N–H and O–H groups in total. The number of hydrogen-bond donors (Lipinski definition) is 2. The molecule has 0 radical (unpaired) electrons. The summed E-state index contributed by atoms with van der Waals surface area (Å²) in [6, 6.07) is 1.89. The van der Waals surface area contributed by atoms with Gasteiger partial charge in [-0.25, -0.2) is 4.79 Å². The Morgan fingerprint density at radius 2 is 2.24 bits per heavy atom. The molecular weight excluding hydrogens is 358 g/mol. The molecule has 1 fully saturated rings. The normalized spacial score (nSPS) is 20.2. The molecule has 0 aromatic carbocycles. The quantitative estimate of drug-likeness (QED) is 0.346. The van der Waals surface area contributed by atoms with Crippen molar-refractivity contribution in [2.45, 2.75) is 12.8 Å². The number of thiocarbonyl (C=S) groups is 1. The number of hydrogen-bond acceptors (Lipinski definition) is 5. The van der Waals surface area contributed by atoms with E-state index in [1.807, 2.05) is 16.8 Å². The van der Waals surface area contributed by atoms with Gasteiger partial charge in [-0.3, -0.25) is 5.87 Å². The number of nitrogens with zero attached hydrogens (tertiary/aromatic N) is 1. The van der Waals surface area contributed by atoms with Crippen molar-refractivity contribution in [2.24, 2.45) is 0 Å². The number of morpholine rings is 1. The predicted molar refractivity (Wildman–Crippen MR) is 102 cm³/mol. The van der Waals surface area contributed by atoms with Gasteiger partial charge in [-0.2, -0.15) is 11.3 Å². The van der Waals surface area contributed by atoms with E-state index < -0.39 is 11.9 Å². The number of rotatable bonds is 2. The van der Waals surface area contributed by atoms with Crippen LogP contribution in [0.3, 0.4) is 0 Å². The zero-order chi connectivity index (χ0) is 18.2. The maximum Gasteiger partial charge on any atom is 0.336 e. The van der Waals surface area contributed by atoms with E-state index in [2.05, 4.69) is 16.5 Å². The minimum absolute atomic E-state index is 0.365. The molecule has 3 heterocycles. The molecule has 134 valence electrons. The van der Waals surface area contributed by atoms with Gasteiger partial charge in [-0.1, -0.05) is 12.2 Å². The molecule has 3 rings (SSSR count). The van der Waals surface area contributed by atoms with E-state index in [1.165, 1.54) is 18.4 Å². The topological polar surface area (TPSA) is 86.5 Å². The first kappa shape index (κ1) is 19.5. The van der Waals surface area contributed by atoms with Crippen LogP contribution in [-0.4, -0.2) is 50.2 Å². The summed E-state index contributed by atoms with van der Waals surface area (Å²) in [5, 5.41) is 18.3. The Morgan fingerprint density at radius 3 is 2.68 bits per heavy atom. The molecule has 1 unspecified atom stereocenters. The number of methoxy groups -OCH3 is 1. The van der Waals surface area contributed by atoms with Gasteiger partial charge >= 0.3 is 5.97 Å². The Labute approximate surface area is 156 Å². The number of thiophene rings is 1. The van der Waals surface area contributed by atoms with Gasteiger partial charge in [0.05, 0.1) is 44.9 Å². The Balaban J connectivity index is 0.000000316. The van der Waals surface area contributed by atoms with Crippen molar-refractivity contribution in [2.75, 3.05) is 33.4 Å². The highest BCUT2D eigenvalue weighted by Gasteiger charge is 2.34. The van der Waals surface area contributed by atoms with Gasteiger partial charge in [0.25, 0.3) is 0 Å². The number of nitrogens with one attached hydrogen (secondary N) is 1. The Bertz CT molecular complexity index is 691. The van der Waals surface area contributed by atoms with Crippen molar-refractivity contribution in [1.29, 1.82) is 0 Å². The summed E-state index contributed by atoms with van der Waals surface area (Å²) >= 11 is 6.69. The van der Waals surface area contributed by atoms with E-state index >= 15 is 0 Å². The number of carbonyl (C=O) groups excluding carboxylic acids is 1. The molecule has 1 atom stereocenters. The first-order chi connectivity index (χ1) is 12.1. The second-order valence-corrected chi connectivity index (χ2v) is 6.67. The molecule has 0 saturated carbocycles. The number of nitrogens with two attached hydrogens (primary N) is 1. The molecule has 0 aliphatic carbocycles. The lowest BCUT2D eigenvalue weighted by molar-refractivity contribution is -0.670. The lowest BCUT2D eigenvalue weighted by atomic mass is 9.83. The van der Waals surface area contributed by atoms with Crippen LogP contribution in [0.2, 0.25) is 0 Å². The average Bonchev–Trinajstić information content (AvgIpc) is 3.17. The minimum Gasteiger partial charge on any atom is -0.763 e. The predicted octanol–water partition coefficient (Wildman–Crippen LogP) is 0.955. The van der Waals surface area contributed by atoms with Crippen LogP contribution in [0.1, 0.15) is 18.4 Å². The van der Waals surface area contributed by atoms with E-state index in [-0.39, 0.29) is 0 Å². The van der Waals surface area contributed by atoms with Crippen LogP contribution in [-0.2, 0) is 14.3 Å². The third-order valence-electron chi connectivity index (χ3n) is 3.86. The van der Waals surface area contributed by atoms with Gasteiger partial charge in [-0.15, -0.1) is 0 Å². The standard InChI is InChI=1S/C13H11N2O2S2.C4H9NO/c1-7-10(13(16)17-2)11(8-3-4-19-6-8)9(5-14)12(18)15-7;1-3-6-4-2-5-1/h3-4,6,11H,1-2H3,(H,15,18);5H,1-4H2/q-1;/p+1. The molecule has 1 aromatic rings. The van der Waals surface area contributed by atoms with E-state index in [0.29, 0.717) is 21.8 Å². The maximum absolute atomic E-state index is 12.0. The summed E-state index contributed by atoms with van der Waals surface area (Å²) < 4.78 is 9.86. The SMILES string of the molecule is C1COCC[NH2+]1.COC(=O)C1=C(C)NC(=S)C(=C=[N-])C1c1ccsc1. The third kappa shape index (κ3) is 4.84. The number of quaternary nitrogens is 1. The zero-order valence-corrected chi connectivity index (χ0v) is 15.8.